The third-order valence-corrected chi connectivity index (χ3v) is 4.94. The Kier molecular flexibility index (Phi) is 7.42. The summed E-state index contributed by atoms with van der Waals surface area (Å²) < 4.78 is 41.7. The molecule has 3 aromatic carbocycles. The highest BCUT2D eigenvalue weighted by Gasteiger charge is 2.32. The van der Waals surface area contributed by atoms with Crippen molar-refractivity contribution in [2.75, 3.05) is 21.3 Å². The zero-order valence-corrected chi connectivity index (χ0v) is 19.9. The number of para-hydroxylation sites is 2. The maximum absolute atomic E-state index is 12.6. The lowest BCUT2D eigenvalue weighted by molar-refractivity contribution is -0.274. The quantitative estimate of drug-likeness (QED) is 0.212. The van der Waals surface area contributed by atoms with Gasteiger partial charge in [-0.2, -0.15) is 4.98 Å². The average molecular weight is 509 g/mol. The summed E-state index contributed by atoms with van der Waals surface area (Å²) in [5.41, 5.74) is 3.78. The van der Waals surface area contributed by atoms with E-state index >= 15 is 0 Å². The lowest BCUT2D eigenvalue weighted by atomic mass is 10.2. The minimum atomic E-state index is -4.88. The van der Waals surface area contributed by atoms with Crippen LogP contribution in [-0.4, -0.2) is 22.4 Å². The van der Waals surface area contributed by atoms with Gasteiger partial charge in [0.2, 0.25) is 5.95 Å². The number of urea groups is 1. The largest absolute Gasteiger partial charge is 0.573 e. The minimum Gasteiger partial charge on any atom is -0.404 e. The van der Waals surface area contributed by atoms with Gasteiger partial charge in [-0.1, -0.05) is 29.8 Å². The van der Waals surface area contributed by atoms with E-state index in [1.165, 1.54) is 18.2 Å². The fourth-order valence-corrected chi connectivity index (χ4v) is 3.31. The number of ether oxygens (including phenoxy) is 1. The normalized spacial score (nSPS) is 10.9. The lowest BCUT2D eigenvalue weighted by Crippen LogP contribution is -2.22. The summed E-state index contributed by atoms with van der Waals surface area (Å²) in [6.07, 6.45) is -4.88. The number of rotatable bonds is 7. The van der Waals surface area contributed by atoms with E-state index in [0.29, 0.717) is 23.1 Å². The average Bonchev–Trinajstić information content (AvgIpc) is 2.82. The number of anilines is 6. The second-order valence-electron chi connectivity index (χ2n) is 8.03. The van der Waals surface area contributed by atoms with E-state index in [9.17, 15) is 18.0 Å². The summed E-state index contributed by atoms with van der Waals surface area (Å²) >= 11 is 0. The third-order valence-electron chi connectivity index (χ3n) is 4.94. The van der Waals surface area contributed by atoms with E-state index in [2.05, 4.69) is 36.0 Å². The molecule has 1 heterocycles. The van der Waals surface area contributed by atoms with Gasteiger partial charge in [0.25, 0.3) is 0 Å². The van der Waals surface area contributed by atoms with Gasteiger partial charge in [0.1, 0.15) is 5.82 Å². The Morgan fingerprint density at radius 2 is 1.41 bits per heavy atom. The highest BCUT2D eigenvalue weighted by Crippen LogP contribution is 2.30. The van der Waals surface area contributed by atoms with E-state index < -0.39 is 18.1 Å². The van der Waals surface area contributed by atoms with Crippen molar-refractivity contribution in [1.82, 2.24) is 9.97 Å². The number of hydrogen-bond acceptors (Lipinski definition) is 6. The molecule has 190 valence electrons. The molecular formula is C26H23F3N6O2. The third kappa shape index (κ3) is 7.59. The second-order valence-corrected chi connectivity index (χ2v) is 8.03. The Balaban J connectivity index is 1.38. The summed E-state index contributed by atoms with van der Waals surface area (Å²) in [7, 11) is 0. The number of alkyl halides is 3. The van der Waals surface area contributed by atoms with Crippen LogP contribution in [0.4, 0.5) is 52.5 Å². The van der Waals surface area contributed by atoms with E-state index in [0.717, 1.165) is 23.0 Å². The topological polar surface area (TPSA) is 100 Å². The van der Waals surface area contributed by atoms with Crippen LogP contribution in [0.3, 0.4) is 0 Å². The fraction of sp³-hybridized carbons (Fsp3) is 0.115. The predicted molar refractivity (Wildman–Crippen MR) is 137 cm³/mol. The van der Waals surface area contributed by atoms with Gasteiger partial charge in [0.15, 0.2) is 5.75 Å². The fourth-order valence-electron chi connectivity index (χ4n) is 3.31. The Morgan fingerprint density at radius 3 is 2.11 bits per heavy atom. The van der Waals surface area contributed by atoms with E-state index in [1.807, 2.05) is 44.2 Å². The minimum absolute atomic E-state index is 0.123. The Bertz CT molecular complexity index is 1380. The number of halogens is 3. The summed E-state index contributed by atoms with van der Waals surface area (Å²) in [5.74, 6) is 0.497. The van der Waals surface area contributed by atoms with Gasteiger partial charge in [0.05, 0.1) is 5.69 Å². The molecule has 4 N–H and O–H groups in total. The van der Waals surface area contributed by atoms with Gasteiger partial charge in [0, 0.05) is 28.8 Å². The molecule has 4 aromatic rings. The van der Waals surface area contributed by atoms with Gasteiger partial charge in [-0.25, -0.2) is 9.78 Å². The SMILES string of the molecule is Cc1ccc(Nc2cc(C)nc(Nc3ccc(NC(=O)Nc4ccccc4OC(F)(F)F)cc3)n2)cc1. The number of carbonyl (C=O) groups is 1. The number of amides is 2. The molecule has 0 aliphatic carbocycles. The van der Waals surface area contributed by atoms with Crippen LogP contribution in [0, 0.1) is 13.8 Å². The van der Waals surface area contributed by atoms with Gasteiger partial charge in [-0.3, -0.25) is 0 Å². The highest BCUT2D eigenvalue weighted by molar-refractivity contribution is 6.00. The second kappa shape index (κ2) is 10.9. The van der Waals surface area contributed by atoms with Crippen LogP contribution in [0.25, 0.3) is 0 Å². The molecule has 4 rings (SSSR count). The van der Waals surface area contributed by atoms with Crippen molar-refractivity contribution in [1.29, 1.82) is 0 Å². The molecule has 0 aliphatic rings. The maximum atomic E-state index is 12.6. The van der Waals surface area contributed by atoms with E-state index in [4.69, 9.17) is 0 Å². The van der Waals surface area contributed by atoms with Crippen LogP contribution in [0.15, 0.2) is 78.9 Å². The Hall–Kier alpha value is -4.80. The molecule has 0 unspecified atom stereocenters. The number of carbonyl (C=O) groups excluding carboxylic acids is 1. The van der Waals surface area contributed by atoms with Crippen molar-refractivity contribution < 1.29 is 22.7 Å². The molecule has 0 fully saturated rings. The first-order chi connectivity index (χ1) is 17.6. The van der Waals surface area contributed by atoms with Gasteiger partial charge in [-0.05, 0) is 62.4 Å². The zero-order chi connectivity index (χ0) is 26.4. The Labute approximate surface area is 210 Å². The van der Waals surface area contributed by atoms with Crippen LogP contribution in [-0.2, 0) is 0 Å². The van der Waals surface area contributed by atoms with Crippen molar-refractivity contribution >= 4 is 40.5 Å². The molecule has 0 aliphatic heterocycles. The molecule has 0 radical (unpaired) electrons. The van der Waals surface area contributed by atoms with Crippen LogP contribution in [0.2, 0.25) is 0 Å². The van der Waals surface area contributed by atoms with Crippen LogP contribution in [0.5, 0.6) is 5.75 Å². The van der Waals surface area contributed by atoms with Crippen molar-refractivity contribution in [2.45, 2.75) is 20.2 Å². The standard InChI is InChI=1S/C26H23F3N6O2/c1-16-7-9-18(10-8-16)31-23-15-17(2)30-24(35-23)32-19-11-13-20(14-12-19)33-25(36)34-21-5-3-4-6-22(21)37-26(27,28)29/h3-15H,1-2H3,(H2,33,34,36)(H2,30,31,32,35). The van der Waals surface area contributed by atoms with Gasteiger partial charge in [-0.15, -0.1) is 13.2 Å². The van der Waals surface area contributed by atoms with Gasteiger partial charge >= 0.3 is 12.4 Å². The molecule has 0 atom stereocenters. The van der Waals surface area contributed by atoms with Crippen LogP contribution < -0.4 is 26.0 Å². The van der Waals surface area contributed by atoms with Crippen molar-refractivity contribution in [3.63, 3.8) is 0 Å². The van der Waals surface area contributed by atoms with Gasteiger partial charge < -0.3 is 26.0 Å². The number of benzene rings is 3. The molecule has 0 saturated carbocycles. The summed E-state index contributed by atoms with van der Waals surface area (Å²) in [5, 5.41) is 11.3. The van der Waals surface area contributed by atoms with E-state index in [1.54, 1.807) is 24.3 Å². The first-order valence-corrected chi connectivity index (χ1v) is 11.1. The first-order valence-electron chi connectivity index (χ1n) is 11.1. The number of hydrogen-bond donors (Lipinski definition) is 4. The molecule has 37 heavy (non-hydrogen) atoms. The molecule has 8 nitrogen and oxygen atoms in total. The van der Waals surface area contributed by atoms with Crippen molar-refractivity contribution in [3.05, 3.63) is 90.1 Å². The molecule has 0 bridgehead atoms. The van der Waals surface area contributed by atoms with Crippen LogP contribution >= 0.6 is 0 Å². The maximum Gasteiger partial charge on any atom is 0.573 e. The first kappa shape index (κ1) is 25.3. The lowest BCUT2D eigenvalue weighted by Gasteiger charge is -2.14. The van der Waals surface area contributed by atoms with Crippen molar-refractivity contribution in [3.8, 4) is 5.75 Å². The molecule has 11 heteroatoms. The molecule has 0 saturated heterocycles. The molecule has 0 spiro atoms. The number of nitrogens with zero attached hydrogens (tertiary/aromatic N) is 2. The van der Waals surface area contributed by atoms with Crippen LogP contribution in [0.1, 0.15) is 11.3 Å². The molecule has 2 amide bonds. The number of aryl methyl sites for hydroxylation is 2. The van der Waals surface area contributed by atoms with Crippen molar-refractivity contribution in [2.24, 2.45) is 0 Å². The Morgan fingerprint density at radius 1 is 0.784 bits per heavy atom. The summed E-state index contributed by atoms with van der Waals surface area (Å²) in [6.45, 7) is 3.87. The smallest absolute Gasteiger partial charge is 0.404 e. The summed E-state index contributed by atoms with van der Waals surface area (Å²) in [6, 6.07) is 20.9. The predicted octanol–water partition coefficient (Wildman–Crippen LogP) is 7.12. The number of aromatic nitrogens is 2. The number of nitrogens with one attached hydrogen (secondary N) is 4. The molecular weight excluding hydrogens is 485 g/mol. The monoisotopic (exact) mass is 508 g/mol. The molecule has 1 aromatic heterocycles. The summed E-state index contributed by atoms with van der Waals surface area (Å²) in [4.78, 5) is 21.2. The highest BCUT2D eigenvalue weighted by atomic mass is 19.4. The van der Waals surface area contributed by atoms with E-state index in [-0.39, 0.29) is 5.69 Å². The zero-order valence-electron chi connectivity index (χ0n) is 19.9.